The number of phenols is 1. The fraction of sp³-hybridized carbons (Fsp3) is 0. The molecule has 0 aliphatic heterocycles. The number of rotatable bonds is 2. The van der Waals surface area contributed by atoms with Crippen molar-refractivity contribution in [2.75, 3.05) is 0 Å². The van der Waals surface area contributed by atoms with Crippen LogP contribution in [0.25, 0.3) is 6.08 Å². The summed E-state index contributed by atoms with van der Waals surface area (Å²) in [6.07, 6.45) is 1.76. The van der Waals surface area contributed by atoms with Crippen LogP contribution < -0.4 is 0 Å². The third-order valence-electron chi connectivity index (χ3n) is 1.46. The highest BCUT2D eigenvalue weighted by Crippen LogP contribution is 2.21. The number of hydrogen-bond donors (Lipinski definition) is 2. The third kappa shape index (κ3) is 2.29. The first-order valence-corrected chi connectivity index (χ1v) is 3.59. The van der Waals surface area contributed by atoms with E-state index in [1.807, 2.05) is 0 Å². The monoisotopic (exact) mass is 200 g/mol. The minimum Gasteiger partial charge on any atom is -0.503 e. The molecule has 0 unspecified atom stereocenters. The molecule has 1 rings (SSSR count). The summed E-state index contributed by atoms with van der Waals surface area (Å²) >= 11 is 0. The van der Waals surface area contributed by atoms with Crippen LogP contribution in [0.5, 0.6) is 5.75 Å². The lowest BCUT2D eigenvalue weighted by Crippen LogP contribution is -1.88. The predicted octanol–water partition coefficient (Wildman–Crippen LogP) is 1.77. The second-order valence-electron chi connectivity index (χ2n) is 2.50. The molecule has 0 amide bonds. The minimum absolute atomic E-state index is 0.0280. The van der Waals surface area contributed by atoms with E-state index in [-0.39, 0.29) is 5.56 Å². The summed E-state index contributed by atoms with van der Waals surface area (Å²) in [6.45, 7) is 0. The molecule has 0 radical (unpaired) electrons. The molecule has 0 aliphatic rings. The Morgan fingerprint density at radius 2 is 1.79 bits per heavy atom. The molecule has 0 aromatic heterocycles. The van der Waals surface area contributed by atoms with Crippen molar-refractivity contribution in [3.05, 3.63) is 35.4 Å². The number of aromatic hydroxyl groups is 1. The maximum Gasteiger partial charge on any atom is 0.328 e. The standard InChI is InChI=1S/C9H6F2O3/c10-6-3-5(1-2-8(12)13)4-7(11)9(6)14/h1-4,14H,(H,12,13)/b2-1+. The Balaban J connectivity index is 3.07. The van der Waals surface area contributed by atoms with Crippen LogP contribution in [0, 0.1) is 11.6 Å². The van der Waals surface area contributed by atoms with Gasteiger partial charge in [0.05, 0.1) is 0 Å². The van der Waals surface area contributed by atoms with E-state index in [9.17, 15) is 13.6 Å². The molecule has 74 valence electrons. The summed E-state index contributed by atoms with van der Waals surface area (Å²) < 4.78 is 25.4. The Labute approximate surface area is 77.9 Å². The molecule has 0 aliphatic carbocycles. The van der Waals surface area contributed by atoms with Crippen molar-refractivity contribution in [3.63, 3.8) is 0 Å². The van der Waals surface area contributed by atoms with Gasteiger partial charge in [-0.2, -0.15) is 0 Å². The normalized spacial score (nSPS) is 10.7. The lowest BCUT2D eigenvalue weighted by molar-refractivity contribution is -0.131. The highest BCUT2D eigenvalue weighted by molar-refractivity contribution is 5.85. The molecule has 0 heterocycles. The molecule has 1 aromatic rings. The van der Waals surface area contributed by atoms with Crippen molar-refractivity contribution in [1.29, 1.82) is 0 Å². The van der Waals surface area contributed by atoms with Gasteiger partial charge in [0, 0.05) is 6.08 Å². The largest absolute Gasteiger partial charge is 0.503 e. The van der Waals surface area contributed by atoms with Crippen LogP contribution in [0.1, 0.15) is 5.56 Å². The SMILES string of the molecule is O=C(O)/C=C/c1cc(F)c(O)c(F)c1. The predicted molar refractivity (Wildman–Crippen MR) is 44.7 cm³/mol. The van der Waals surface area contributed by atoms with Crippen LogP contribution in [0.15, 0.2) is 18.2 Å². The number of carbonyl (C=O) groups is 1. The first kappa shape index (κ1) is 10.2. The Hall–Kier alpha value is -1.91. The van der Waals surface area contributed by atoms with Crippen molar-refractivity contribution in [1.82, 2.24) is 0 Å². The van der Waals surface area contributed by atoms with E-state index in [4.69, 9.17) is 10.2 Å². The highest BCUT2D eigenvalue weighted by atomic mass is 19.1. The van der Waals surface area contributed by atoms with Gasteiger partial charge in [0.25, 0.3) is 0 Å². The molecule has 0 atom stereocenters. The van der Waals surface area contributed by atoms with Gasteiger partial charge in [-0.3, -0.25) is 0 Å². The molecule has 0 saturated heterocycles. The first-order chi connectivity index (χ1) is 6.50. The molecule has 3 nitrogen and oxygen atoms in total. The van der Waals surface area contributed by atoms with Crippen LogP contribution in [0.2, 0.25) is 0 Å². The van der Waals surface area contributed by atoms with E-state index >= 15 is 0 Å². The van der Waals surface area contributed by atoms with Crippen LogP contribution in [0.3, 0.4) is 0 Å². The Bertz CT molecular complexity index is 376. The summed E-state index contributed by atoms with van der Waals surface area (Å²) in [4.78, 5) is 10.1. The van der Waals surface area contributed by atoms with Crippen molar-refractivity contribution in [3.8, 4) is 5.75 Å². The van der Waals surface area contributed by atoms with Gasteiger partial charge in [0.2, 0.25) is 0 Å². The zero-order valence-electron chi connectivity index (χ0n) is 6.87. The van der Waals surface area contributed by atoms with Crippen LogP contribution in [-0.4, -0.2) is 16.2 Å². The number of halogens is 2. The second kappa shape index (κ2) is 3.87. The van der Waals surface area contributed by atoms with Crippen molar-refractivity contribution >= 4 is 12.0 Å². The molecule has 0 spiro atoms. The summed E-state index contributed by atoms with van der Waals surface area (Å²) in [5, 5.41) is 17.0. The number of hydrogen-bond acceptors (Lipinski definition) is 2. The summed E-state index contributed by atoms with van der Waals surface area (Å²) in [5.41, 5.74) is 0.0280. The summed E-state index contributed by atoms with van der Waals surface area (Å²) in [5.74, 6) is -4.55. The molecule has 2 N–H and O–H groups in total. The van der Waals surface area contributed by atoms with Gasteiger partial charge in [-0.15, -0.1) is 0 Å². The van der Waals surface area contributed by atoms with Crippen molar-refractivity contribution in [2.24, 2.45) is 0 Å². The average molecular weight is 200 g/mol. The van der Waals surface area contributed by atoms with E-state index in [0.29, 0.717) is 0 Å². The van der Waals surface area contributed by atoms with Gasteiger partial charge >= 0.3 is 5.97 Å². The van der Waals surface area contributed by atoms with E-state index in [2.05, 4.69) is 0 Å². The first-order valence-electron chi connectivity index (χ1n) is 3.59. The molecule has 5 heteroatoms. The fourth-order valence-corrected chi connectivity index (χ4v) is 0.849. The average Bonchev–Trinajstić information content (AvgIpc) is 2.10. The highest BCUT2D eigenvalue weighted by Gasteiger charge is 2.07. The zero-order chi connectivity index (χ0) is 10.7. The lowest BCUT2D eigenvalue weighted by Gasteiger charge is -1.98. The number of phenolic OH excluding ortho intramolecular Hbond substituents is 1. The molecule has 0 saturated carbocycles. The zero-order valence-corrected chi connectivity index (χ0v) is 6.87. The molecule has 0 bridgehead atoms. The molecular weight excluding hydrogens is 194 g/mol. The summed E-state index contributed by atoms with van der Waals surface area (Å²) in [6, 6.07) is 1.66. The summed E-state index contributed by atoms with van der Waals surface area (Å²) in [7, 11) is 0. The topological polar surface area (TPSA) is 57.5 Å². The number of carboxylic acid groups (broad SMARTS) is 1. The number of carboxylic acids is 1. The van der Waals surface area contributed by atoms with E-state index in [1.54, 1.807) is 0 Å². The molecule has 1 aromatic carbocycles. The Morgan fingerprint density at radius 1 is 1.29 bits per heavy atom. The van der Waals surface area contributed by atoms with Gasteiger partial charge in [-0.25, -0.2) is 13.6 Å². The van der Waals surface area contributed by atoms with Gasteiger partial charge in [0.15, 0.2) is 17.4 Å². The van der Waals surface area contributed by atoms with E-state index in [0.717, 1.165) is 24.3 Å². The maximum atomic E-state index is 12.7. The van der Waals surface area contributed by atoms with Gasteiger partial charge in [-0.1, -0.05) is 0 Å². The minimum atomic E-state index is -1.22. The fourth-order valence-electron chi connectivity index (χ4n) is 0.849. The number of aliphatic carboxylic acids is 1. The second-order valence-corrected chi connectivity index (χ2v) is 2.50. The van der Waals surface area contributed by atoms with Crippen LogP contribution >= 0.6 is 0 Å². The van der Waals surface area contributed by atoms with Crippen LogP contribution in [-0.2, 0) is 4.79 Å². The van der Waals surface area contributed by atoms with Crippen LogP contribution in [0.4, 0.5) is 8.78 Å². The molecular formula is C9H6F2O3. The van der Waals surface area contributed by atoms with Gasteiger partial charge in [0.1, 0.15) is 0 Å². The van der Waals surface area contributed by atoms with Crippen molar-refractivity contribution < 1.29 is 23.8 Å². The van der Waals surface area contributed by atoms with Crippen molar-refractivity contribution in [2.45, 2.75) is 0 Å². The third-order valence-corrected chi connectivity index (χ3v) is 1.46. The van der Waals surface area contributed by atoms with Gasteiger partial charge in [-0.05, 0) is 23.8 Å². The Kier molecular flexibility index (Phi) is 2.81. The molecule has 0 fully saturated rings. The van der Waals surface area contributed by atoms with E-state index in [1.165, 1.54) is 0 Å². The lowest BCUT2D eigenvalue weighted by atomic mass is 10.2. The van der Waals surface area contributed by atoms with E-state index < -0.39 is 23.4 Å². The number of benzene rings is 1. The molecule has 14 heavy (non-hydrogen) atoms. The smallest absolute Gasteiger partial charge is 0.328 e. The quantitative estimate of drug-likeness (QED) is 0.715. The maximum absolute atomic E-state index is 12.7. The van der Waals surface area contributed by atoms with Gasteiger partial charge < -0.3 is 10.2 Å². The Morgan fingerprint density at radius 3 is 2.21 bits per heavy atom.